The van der Waals surface area contributed by atoms with Gasteiger partial charge in [-0.25, -0.2) is 9.59 Å². The highest BCUT2D eigenvalue weighted by Gasteiger charge is 2.35. The second-order valence-electron chi connectivity index (χ2n) is 16.6. The first-order valence-corrected chi connectivity index (χ1v) is 24.7. The lowest BCUT2D eigenvalue weighted by Gasteiger charge is -2.33. The lowest BCUT2D eigenvalue weighted by molar-refractivity contribution is 0.0552. The molecule has 0 bridgehead atoms. The van der Waals surface area contributed by atoms with Crippen LogP contribution in [0.25, 0.3) is 0 Å². The molecule has 0 radical (unpaired) electrons. The van der Waals surface area contributed by atoms with Crippen molar-refractivity contribution in [2.24, 2.45) is 0 Å². The Balaban J connectivity index is 0.000000349. The van der Waals surface area contributed by atoms with Crippen molar-refractivity contribution in [3.8, 4) is 23.7 Å². The van der Waals surface area contributed by atoms with Crippen LogP contribution in [0.1, 0.15) is 231 Å². The van der Waals surface area contributed by atoms with Crippen LogP contribution in [0.15, 0.2) is 0 Å². The molecule has 1 aliphatic carbocycles. The van der Waals surface area contributed by atoms with Crippen molar-refractivity contribution in [3.05, 3.63) is 100 Å². The van der Waals surface area contributed by atoms with Gasteiger partial charge in [-0.15, -0.1) is 11.8 Å². The number of benzene rings is 3. The fourth-order valence-electron chi connectivity index (χ4n) is 10.6. The van der Waals surface area contributed by atoms with E-state index in [2.05, 4.69) is 107 Å². The molecule has 0 saturated heterocycles. The molecule has 0 unspecified atom stereocenters. The number of methoxy groups -OCH3 is 2. The molecule has 0 amide bonds. The second-order valence-corrected chi connectivity index (χ2v) is 16.6. The second kappa shape index (κ2) is 26.4. The molecule has 62 heavy (non-hydrogen) atoms. The zero-order valence-corrected chi connectivity index (χ0v) is 41.8. The van der Waals surface area contributed by atoms with Gasteiger partial charge in [-0.1, -0.05) is 108 Å². The average Bonchev–Trinajstić information content (AvgIpc) is 3.30. The molecular formula is C58H82O4. The van der Waals surface area contributed by atoms with Crippen molar-refractivity contribution < 1.29 is 19.1 Å². The smallest absolute Gasteiger partial charge is 0.339 e. The Morgan fingerprint density at radius 2 is 0.645 bits per heavy atom. The standard InChI is InChI=1S/C32H44O4.C26H38/c1-9-15-23-27-17-25-21(13-5)19(11-3)20(12-4)22(14-6)26(25)18-28(27)24(16-10-2)30(32(34)36-8)29(23)31(33)35-7;1-7-13-15-17-19-25-23(11-5)21(9-3)22(10-4)24(12-6)26(25)20-18-16-14-8-2/h9-18H2,1-8H3;7-14,19-20H2,1-6H3. The maximum atomic E-state index is 13.2. The summed E-state index contributed by atoms with van der Waals surface area (Å²) >= 11 is 0. The Morgan fingerprint density at radius 1 is 0.371 bits per heavy atom. The van der Waals surface area contributed by atoms with E-state index in [1.165, 1.54) is 69.9 Å². The lowest BCUT2D eigenvalue weighted by atomic mass is 9.71. The Kier molecular flexibility index (Phi) is 22.1. The molecule has 0 spiro atoms. The van der Waals surface area contributed by atoms with Crippen LogP contribution in [0.4, 0.5) is 0 Å². The van der Waals surface area contributed by atoms with E-state index in [1.807, 2.05) is 0 Å². The molecule has 0 aliphatic heterocycles. The van der Waals surface area contributed by atoms with Gasteiger partial charge in [0.2, 0.25) is 0 Å². The van der Waals surface area contributed by atoms with Crippen molar-refractivity contribution in [2.45, 2.75) is 212 Å². The molecule has 0 saturated carbocycles. The predicted octanol–water partition coefficient (Wildman–Crippen LogP) is 13.5. The molecule has 0 fully saturated rings. The zero-order chi connectivity index (χ0) is 45.9. The van der Waals surface area contributed by atoms with Crippen LogP contribution in [0.2, 0.25) is 0 Å². The van der Waals surface area contributed by atoms with Gasteiger partial charge in [0, 0.05) is 25.7 Å². The van der Waals surface area contributed by atoms with Gasteiger partial charge in [0.15, 0.2) is 0 Å². The van der Waals surface area contributed by atoms with E-state index in [9.17, 15) is 9.59 Å². The van der Waals surface area contributed by atoms with Crippen LogP contribution in [-0.2, 0) is 99.4 Å². The molecule has 0 aromatic heterocycles. The minimum Gasteiger partial charge on any atom is -0.465 e. The Labute approximate surface area is 379 Å². The van der Waals surface area contributed by atoms with Crippen LogP contribution >= 0.6 is 0 Å². The highest BCUT2D eigenvalue weighted by molar-refractivity contribution is 6.06. The van der Waals surface area contributed by atoms with Crippen molar-refractivity contribution >= 4 is 11.9 Å². The van der Waals surface area contributed by atoms with E-state index in [0.717, 1.165) is 140 Å². The van der Waals surface area contributed by atoms with Crippen LogP contribution < -0.4 is 0 Å². The zero-order valence-electron chi connectivity index (χ0n) is 41.8. The molecule has 1 aliphatic rings. The number of fused-ring (bicyclic) bond motifs is 2. The van der Waals surface area contributed by atoms with Gasteiger partial charge in [-0.2, -0.15) is 0 Å². The molecule has 3 aromatic carbocycles. The van der Waals surface area contributed by atoms with Gasteiger partial charge in [0.1, 0.15) is 0 Å². The van der Waals surface area contributed by atoms with Gasteiger partial charge in [0.05, 0.1) is 25.3 Å². The summed E-state index contributed by atoms with van der Waals surface area (Å²) in [6.07, 6.45) is 19.4. The molecule has 0 heterocycles. The quantitative estimate of drug-likeness (QED) is 0.0740. The summed E-state index contributed by atoms with van der Waals surface area (Å²) in [6, 6.07) is 0. The maximum Gasteiger partial charge on any atom is 0.339 e. The third-order valence-corrected chi connectivity index (χ3v) is 13.2. The predicted molar refractivity (Wildman–Crippen MR) is 263 cm³/mol. The van der Waals surface area contributed by atoms with Crippen LogP contribution in [0.3, 0.4) is 0 Å². The molecule has 338 valence electrons. The van der Waals surface area contributed by atoms with E-state index in [-0.39, 0.29) is 0 Å². The molecular weight excluding hydrogens is 761 g/mol. The number of hydrogen-bond acceptors (Lipinski definition) is 4. The molecule has 4 heteroatoms. The topological polar surface area (TPSA) is 52.6 Å². The van der Waals surface area contributed by atoms with E-state index in [4.69, 9.17) is 9.47 Å². The number of ether oxygens (including phenoxy) is 2. The summed E-state index contributed by atoms with van der Waals surface area (Å²) < 4.78 is 10.5. The highest BCUT2D eigenvalue weighted by Crippen LogP contribution is 2.43. The maximum absolute atomic E-state index is 13.2. The summed E-state index contributed by atoms with van der Waals surface area (Å²) in [5.74, 6) is 12.8. The normalized spacial score (nSPS) is 11.3. The average molecular weight is 843 g/mol. The number of carbonyl (C=O) groups excluding carboxylic acids is 2. The van der Waals surface area contributed by atoms with Crippen molar-refractivity contribution in [2.75, 3.05) is 14.2 Å². The number of esters is 2. The SMILES string of the molecule is CCCC#CCc1c(CC)c(CC)c(CC)c(CC)c1CC#CCCC.CCCc1c2c(c(CCC)c(C(=O)OC)c1C(=O)OC)Cc1c(CC)c(CC)c(CC)c(CC)c1C2. The van der Waals surface area contributed by atoms with E-state index in [1.54, 1.807) is 22.3 Å². The van der Waals surface area contributed by atoms with Crippen LogP contribution in [0.5, 0.6) is 0 Å². The van der Waals surface area contributed by atoms with Gasteiger partial charge in [0.25, 0.3) is 0 Å². The minimum atomic E-state index is -0.439. The Bertz CT molecular complexity index is 1990. The first-order valence-electron chi connectivity index (χ1n) is 24.7. The molecule has 0 atom stereocenters. The molecule has 0 N–H and O–H groups in total. The minimum absolute atomic E-state index is 0.423. The molecule has 4 rings (SSSR count). The van der Waals surface area contributed by atoms with Crippen molar-refractivity contribution in [1.82, 2.24) is 0 Å². The third kappa shape index (κ3) is 11.3. The van der Waals surface area contributed by atoms with Gasteiger partial charge < -0.3 is 9.47 Å². The summed E-state index contributed by atoms with van der Waals surface area (Å²) in [6.45, 7) is 26.9. The van der Waals surface area contributed by atoms with Crippen molar-refractivity contribution in [1.29, 1.82) is 0 Å². The summed E-state index contributed by atoms with van der Waals surface area (Å²) in [5.41, 5.74) is 23.5. The summed E-state index contributed by atoms with van der Waals surface area (Å²) in [4.78, 5) is 26.4. The first kappa shape index (κ1) is 52.1. The van der Waals surface area contributed by atoms with E-state index in [0.29, 0.717) is 11.1 Å². The fourth-order valence-corrected chi connectivity index (χ4v) is 10.6. The van der Waals surface area contributed by atoms with Crippen molar-refractivity contribution in [3.63, 3.8) is 0 Å². The van der Waals surface area contributed by atoms with Gasteiger partial charge >= 0.3 is 11.9 Å². The Hall–Kier alpha value is -4.28. The largest absolute Gasteiger partial charge is 0.465 e. The number of hydrogen-bond donors (Lipinski definition) is 0. The third-order valence-electron chi connectivity index (χ3n) is 13.2. The fraction of sp³-hybridized carbons (Fsp3) is 0.586. The Morgan fingerprint density at radius 3 is 0.903 bits per heavy atom. The monoisotopic (exact) mass is 843 g/mol. The molecule has 3 aromatic rings. The van der Waals surface area contributed by atoms with Crippen LogP contribution in [0, 0.1) is 23.7 Å². The van der Waals surface area contributed by atoms with Gasteiger partial charge in [-0.3, -0.25) is 0 Å². The van der Waals surface area contributed by atoms with E-state index >= 15 is 0 Å². The number of carbonyl (C=O) groups is 2. The van der Waals surface area contributed by atoms with Gasteiger partial charge in [-0.05, 0) is 179 Å². The molecule has 4 nitrogen and oxygen atoms in total. The highest BCUT2D eigenvalue weighted by atomic mass is 16.5. The first-order chi connectivity index (χ1) is 30.1. The number of rotatable bonds is 18. The summed E-state index contributed by atoms with van der Waals surface area (Å²) in [5, 5.41) is 0. The number of unbranched alkanes of at least 4 members (excludes halogenated alkanes) is 2. The lowest BCUT2D eigenvalue weighted by Crippen LogP contribution is -2.25. The van der Waals surface area contributed by atoms with Crippen LogP contribution in [-0.4, -0.2) is 26.2 Å². The van der Waals surface area contributed by atoms with E-state index < -0.39 is 11.9 Å². The summed E-state index contributed by atoms with van der Waals surface area (Å²) in [7, 11) is 2.80.